The van der Waals surface area contributed by atoms with E-state index in [2.05, 4.69) is 30.3 Å². The quantitative estimate of drug-likeness (QED) is 0.521. The normalized spacial score (nSPS) is 16.5. The molecule has 114 valence electrons. The number of hydrogen-bond donors (Lipinski definition) is 0. The van der Waals surface area contributed by atoms with Crippen molar-refractivity contribution in [1.29, 1.82) is 0 Å². The van der Waals surface area contributed by atoms with E-state index in [0.29, 0.717) is 26.2 Å². The van der Waals surface area contributed by atoms with Crippen LogP contribution in [-0.2, 0) is 0 Å². The van der Waals surface area contributed by atoms with E-state index in [-0.39, 0.29) is 5.78 Å². The predicted molar refractivity (Wildman–Crippen MR) is 92.5 cm³/mol. The number of ketones is 1. The summed E-state index contributed by atoms with van der Waals surface area (Å²) in [6, 6.07) is 20.4. The second-order valence-corrected chi connectivity index (χ2v) is 9.10. The van der Waals surface area contributed by atoms with Gasteiger partial charge in [-0.3, -0.25) is 0 Å². The minimum absolute atomic E-state index is 0.286. The molecule has 1 fully saturated rings. The summed E-state index contributed by atoms with van der Waals surface area (Å²) in [4.78, 5) is 13.9. The average molecular weight is 357 g/mol. The van der Waals surface area contributed by atoms with Crippen LogP contribution < -0.4 is 0 Å². The van der Waals surface area contributed by atoms with Crippen LogP contribution in [0.4, 0.5) is 0 Å². The third-order valence-electron chi connectivity index (χ3n) is 4.30. The number of rotatable bonds is 6. The molecule has 3 rings (SSSR count). The van der Waals surface area contributed by atoms with Gasteiger partial charge < -0.3 is 0 Å². The van der Waals surface area contributed by atoms with E-state index in [9.17, 15) is 4.79 Å². The van der Waals surface area contributed by atoms with Crippen LogP contribution in [0.5, 0.6) is 0 Å². The van der Waals surface area contributed by atoms with Gasteiger partial charge in [-0.1, -0.05) is 0 Å². The van der Waals surface area contributed by atoms with Crippen molar-refractivity contribution >= 4 is 20.7 Å². The summed E-state index contributed by atoms with van der Waals surface area (Å²) in [6.45, 7) is 0. The average Bonchev–Trinajstić information content (AvgIpc) is 3.09. The fourth-order valence-corrected chi connectivity index (χ4v) is 6.50. The van der Waals surface area contributed by atoms with Crippen LogP contribution in [0.1, 0.15) is 52.8 Å². The van der Waals surface area contributed by atoms with Crippen LogP contribution in [0.2, 0.25) is 4.82 Å². The molecular weight excluding hydrogens is 335 g/mol. The van der Waals surface area contributed by atoms with E-state index in [1.54, 1.807) is 0 Å². The Morgan fingerprint density at radius 1 is 0.955 bits per heavy atom. The molecule has 1 aliphatic rings. The standard InChI is InChI=1S/C20H22OSe/c21-19(16-9-3-1-4-10-16)15-20(17-11-5-2-6-12-17)22-18-13-7-8-14-18/h1-6,9-12,18,20H,7-8,13-15H2. The molecule has 0 aliphatic heterocycles. The van der Waals surface area contributed by atoms with Gasteiger partial charge in [0, 0.05) is 0 Å². The van der Waals surface area contributed by atoms with Gasteiger partial charge in [0.2, 0.25) is 0 Å². The Morgan fingerprint density at radius 2 is 1.55 bits per heavy atom. The zero-order chi connectivity index (χ0) is 15.2. The molecule has 0 aromatic heterocycles. The Bertz CT molecular complexity index is 588. The first-order valence-electron chi connectivity index (χ1n) is 8.11. The number of hydrogen-bond acceptors (Lipinski definition) is 1. The van der Waals surface area contributed by atoms with Crippen molar-refractivity contribution < 1.29 is 4.79 Å². The molecule has 0 bridgehead atoms. The summed E-state index contributed by atoms with van der Waals surface area (Å²) in [6.07, 6.45) is 6.14. The molecule has 0 heterocycles. The molecule has 2 aromatic carbocycles. The molecule has 22 heavy (non-hydrogen) atoms. The molecule has 0 amide bonds. The molecule has 1 nitrogen and oxygen atoms in total. The summed E-state index contributed by atoms with van der Waals surface area (Å²) in [5.41, 5.74) is 2.20. The van der Waals surface area contributed by atoms with E-state index in [1.165, 1.54) is 31.2 Å². The van der Waals surface area contributed by atoms with Crippen molar-refractivity contribution in [3.63, 3.8) is 0 Å². The fraction of sp³-hybridized carbons (Fsp3) is 0.350. The van der Waals surface area contributed by atoms with E-state index in [4.69, 9.17) is 0 Å². The van der Waals surface area contributed by atoms with Gasteiger partial charge in [0.15, 0.2) is 0 Å². The first-order valence-corrected chi connectivity index (χ1v) is 10.1. The monoisotopic (exact) mass is 358 g/mol. The maximum absolute atomic E-state index is 12.6. The number of Topliss-reactive ketones (excluding diaryl/α,β-unsaturated/α-hetero) is 1. The van der Waals surface area contributed by atoms with E-state index < -0.39 is 0 Å². The molecule has 0 radical (unpaired) electrons. The zero-order valence-corrected chi connectivity index (χ0v) is 14.5. The second-order valence-electron chi connectivity index (χ2n) is 5.94. The summed E-state index contributed by atoms with van der Waals surface area (Å²) in [7, 11) is 0. The molecule has 0 N–H and O–H groups in total. The fourth-order valence-electron chi connectivity index (χ4n) is 3.08. The summed E-state index contributed by atoms with van der Waals surface area (Å²) in [5, 5.41) is 0. The molecule has 0 saturated heterocycles. The molecule has 1 atom stereocenters. The van der Waals surface area contributed by atoms with Crippen molar-refractivity contribution in [2.24, 2.45) is 0 Å². The molecular formula is C20H22OSe. The van der Waals surface area contributed by atoms with Gasteiger partial charge in [-0.15, -0.1) is 0 Å². The van der Waals surface area contributed by atoms with Gasteiger partial charge in [-0.2, -0.15) is 0 Å². The Hall–Kier alpha value is -1.37. The van der Waals surface area contributed by atoms with Crippen molar-refractivity contribution in [2.75, 3.05) is 0 Å². The summed E-state index contributed by atoms with van der Waals surface area (Å²) >= 11 is 0.516. The Morgan fingerprint density at radius 3 is 2.18 bits per heavy atom. The predicted octanol–water partition coefficient (Wildman–Crippen LogP) is 5.07. The maximum atomic E-state index is 12.6. The number of carbonyl (C=O) groups excluding carboxylic acids is 1. The third-order valence-corrected chi connectivity index (χ3v) is 7.70. The second kappa shape index (κ2) is 7.76. The summed E-state index contributed by atoms with van der Waals surface area (Å²) < 4.78 is 0. The molecule has 0 spiro atoms. The van der Waals surface area contributed by atoms with Crippen molar-refractivity contribution in [3.05, 3.63) is 71.8 Å². The van der Waals surface area contributed by atoms with E-state index in [0.717, 1.165) is 10.4 Å². The number of carbonyl (C=O) groups is 1. The van der Waals surface area contributed by atoms with Crippen LogP contribution in [0, 0.1) is 0 Å². The van der Waals surface area contributed by atoms with Gasteiger partial charge in [0.1, 0.15) is 0 Å². The first-order chi connectivity index (χ1) is 10.8. The van der Waals surface area contributed by atoms with Crippen LogP contribution in [0.3, 0.4) is 0 Å². The molecule has 1 unspecified atom stereocenters. The van der Waals surface area contributed by atoms with Gasteiger partial charge in [0.05, 0.1) is 0 Å². The van der Waals surface area contributed by atoms with Gasteiger partial charge in [-0.25, -0.2) is 0 Å². The van der Waals surface area contributed by atoms with Crippen LogP contribution in [0.25, 0.3) is 0 Å². The Balaban J connectivity index is 1.74. The number of benzene rings is 2. The van der Waals surface area contributed by atoms with Crippen LogP contribution in [-0.4, -0.2) is 20.7 Å². The van der Waals surface area contributed by atoms with Crippen LogP contribution in [0.15, 0.2) is 60.7 Å². The van der Waals surface area contributed by atoms with Crippen molar-refractivity contribution in [2.45, 2.75) is 41.7 Å². The Kier molecular flexibility index (Phi) is 5.48. The van der Waals surface area contributed by atoms with Crippen LogP contribution >= 0.6 is 0 Å². The topological polar surface area (TPSA) is 17.1 Å². The van der Waals surface area contributed by atoms with E-state index >= 15 is 0 Å². The summed E-state index contributed by atoms with van der Waals surface area (Å²) in [5.74, 6) is 0.286. The van der Waals surface area contributed by atoms with Gasteiger partial charge in [0.25, 0.3) is 0 Å². The third kappa shape index (κ3) is 4.09. The first kappa shape index (κ1) is 15.5. The van der Waals surface area contributed by atoms with Crippen molar-refractivity contribution in [1.82, 2.24) is 0 Å². The molecule has 1 saturated carbocycles. The minimum atomic E-state index is 0.286. The van der Waals surface area contributed by atoms with Crippen molar-refractivity contribution in [3.8, 4) is 0 Å². The Labute approximate surface area is 139 Å². The van der Waals surface area contributed by atoms with Gasteiger partial charge in [-0.05, 0) is 0 Å². The molecule has 1 aliphatic carbocycles. The zero-order valence-electron chi connectivity index (χ0n) is 12.8. The SMILES string of the molecule is O=C(CC([Se]C1CCCC1)c1ccccc1)c1ccccc1. The molecule has 2 heteroatoms. The van der Waals surface area contributed by atoms with Gasteiger partial charge >= 0.3 is 139 Å². The van der Waals surface area contributed by atoms with E-state index in [1.807, 2.05) is 30.3 Å². The molecule has 2 aromatic rings.